The van der Waals surface area contributed by atoms with Gasteiger partial charge in [0.1, 0.15) is 22.3 Å². The van der Waals surface area contributed by atoms with Crippen LogP contribution >= 0.6 is 0 Å². The van der Waals surface area contributed by atoms with E-state index in [0.717, 1.165) is 93.4 Å². The van der Waals surface area contributed by atoms with Gasteiger partial charge in [-0.15, -0.1) is 0 Å². The third kappa shape index (κ3) is 4.44. The third-order valence-corrected chi connectivity index (χ3v) is 9.96. The number of pyridine rings is 1. The lowest BCUT2D eigenvalue weighted by Gasteiger charge is -2.12. The van der Waals surface area contributed by atoms with Crippen LogP contribution < -0.4 is 0 Å². The minimum Gasteiger partial charge on any atom is -0.456 e. The maximum Gasteiger partial charge on any atom is 0.164 e. The molecule has 0 saturated heterocycles. The number of rotatable bonds is 4. The Morgan fingerprint density at radius 2 is 1.04 bits per heavy atom. The molecule has 0 amide bonds. The molecule has 4 aromatic heterocycles. The average Bonchev–Trinajstić information content (AvgIpc) is 3.77. The van der Waals surface area contributed by atoms with E-state index in [0.29, 0.717) is 17.5 Å². The number of nitrogens with zero attached hydrogens (tertiary/aromatic N) is 4. The van der Waals surface area contributed by atoms with Crippen molar-refractivity contribution in [1.82, 2.24) is 19.9 Å². The van der Waals surface area contributed by atoms with Gasteiger partial charge >= 0.3 is 0 Å². The van der Waals surface area contributed by atoms with Crippen molar-refractivity contribution in [3.63, 3.8) is 0 Å². The van der Waals surface area contributed by atoms with E-state index in [1.54, 1.807) is 0 Å². The Kier molecular flexibility index (Phi) is 6.15. The topological polar surface area (TPSA) is 77.8 Å². The van der Waals surface area contributed by atoms with Crippen LogP contribution in [0.5, 0.6) is 0 Å². The fourth-order valence-corrected chi connectivity index (χ4v) is 7.57. The monoisotopic (exact) mass is 666 g/mol. The Morgan fingerprint density at radius 3 is 1.92 bits per heavy atom. The molecule has 0 atom stereocenters. The summed E-state index contributed by atoms with van der Waals surface area (Å²) < 4.78 is 12.6. The largest absolute Gasteiger partial charge is 0.456 e. The van der Waals surface area contributed by atoms with Crippen LogP contribution in [0.4, 0.5) is 0 Å². The van der Waals surface area contributed by atoms with Crippen LogP contribution in [0, 0.1) is 0 Å². The first kappa shape index (κ1) is 28.6. The van der Waals surface area contributed by atoms with Crippen molar-refractivity contribution in [2.24, 2.45) is 0 Å². The van der Waals surface area contributed by atoms with Crippen molar-refractivity contribution in [2.75, 3.05) is 0 Å². The lowest BCUT2D eigenvalue weighted by molar-refractivity contribution is 0.668. The first-order valence-electron chi connectivity index (χ1n) is 17.2. The van der Waals surface area contributed by atoms with Crippen molar-refractivity contribution >= 4 is 65.6 Å². The number of furan rings is 2. The molecular weight excluding hydrogens is 641 g/mol. The zero-order chi connectivity index (χ0) is 34.2. The summed E-state index contributed by atoms with van der Waals surface area (Å²) in [4.78, 5) is 19.9. The fraction of sp³-hybridized carbons (Fsp3) is 0. The van der Waals surface area contributed by atoms with Crippen LogP contribution in [0.15, 0.2) is 167 Å². The molecule has 242 valence electrons. The summed E-state index contributed by atoms with van der Waals surface area (Å²) in [5, 5.41) is 7.40. The van der Waals surface area contributed by atoms with Crippen LogP contribution in [0.25, 0.3) is 111 Å². The first-order chi connectivity index (χ1) is 25.7. The number of aromatic nitrogens is 4. The van der Waals surface area contributed by atoms with Gasteiger partial charge in [0, 0.05) is 55.9 Å². The highest BCUT2D eigenvalue weighted by Gasteiger charge is 2.19. The molecule has 11 aromatic rings. The van der Waals surface area contributed by atoms with Crippen LogP contribution in [-0.2, 0) is 0 Å². The zero-order valence-corrected chi connectivity index (χ0v) is 27.6. The predicted octanol–water partition coefficient (Wildman–Crippen LogP) is 12.0. The predicted molar refractivity (Wildman–Crippen MR) is 209 cm³/mol. The molecule has 0 spiro atoms. The molecule has 4 heterocycles. The van der Waals surface area contributed by atoms with Gasteiger partial charge in [-0.3, -0.25) is 4.98 Å². The quantitative estimate of drug-likeness (QED) is 0.186. The van der Waals surface area contributed by atoms with E-state index in [9.17, 15) is 0 Å². The van der Waals surface area contributed by atoms with Crippen LogP contribution in [-0.4, -0.2) is 19.9 Å². The highest BCUT2D eigenvalue weighted by atomic mass is 16.3. The molecule has 52 heavy (non-hydrogen) atoms. The van der Waals surface area contributed by atoms with E-state index in [4.69, 9.17) is 23.8 Å². The van der Waals surface area contributed by atoms with Crippen molar-refractivity contribution in [3.05, 3.63) is 158 Å². The molecule has 7 aromatic carbocycles. The lowest BCUT2D eigenvalue weighted by Crippen LogP contribution is -2.00. The lowest BCUT2D eigenvalue weighted by atomic mass is 9.95. The second-order valence-corrected chi connectivity index (χ2v) is 13.0. The van der Waals surface area contributed by atoms with Crippen molar-refractivity contribution < 1.29 is 8.83 Å². The van der Waals surface area contributed by atoms with Gasteiger partial charge in [-0.25, -0.2) is 15.0 Å². The molecule has 11 rings (SSSR count). The normalized spacial score (nSPS) is 11.8. The van der Waals surface area contributed by atoms with Gasteiger partial charge in [-0.1, -0.05) is 109 Å². The van der Waals surface area contributed by atoms with Gasteiger partial charge in [0.15, 0.2) is 17.5 Å². The van der Waals surface area contributed by atoms with Gasteiger partial charge in [0.2, 0.25) is 0 Å². The summed E-state index contributed by atoms with van der Waals surface area (Å²) >= 11 is 0. The molecular formula is C46H26N4O2. The SMILES string of the molecule is c1ccc(-c2nc(-c3cccc4cc(-c5cccc6oc7cc8ncccc8cc7c56)ccc34)nc(-c3cccc4oc5ccccc5c34)n2)cc1. The summed E-state index contributed by atoms with van der Waals surface area (Å²) in [6.45, 7) is 0. The maximum atomic E-state index is 6.36. The van der Waals surface area contributed by atoms with E-state index >= 15 is 0 Å². The molecule has 0 aliphatic heterocycles. The van der Waals surface area contributed by atoms with Crippen LogP contribution in [0.1, 0.15) is 0 Å². The van der Waals surface area contributed by atoms with E-state index in [2.05, 4.69) is 77.8 Å². The summed E-state index contributed by atoms with van der Waals surface area (Å²) in [5.74, 6) is 1.81. The Morgan fingerprint density at radius 1 is 0.365 bits per heavy atom. The average molecular weight is 667 g/mol. The van der Waals surface area contributed by atoms with Gasteiger partial charge < -0.3 is 8.83 Å². The molecule has 0 aliphatic rings. The standard InChI is InChI=1S/C46H26N4O2/c1-2-10-27(11-3-1)44-48-45(50-46(49-44)35-17-8-20-40-43(35)34-14-4-5-18-38(34)51-40)33-16-6-12-28-24-29(21-22-31(28)33)32-15-7-19-39-42(32)36-25-30-13-9-23-47-37(30)26-41(36)52-39/h1-26H. The smallest absolute Gasteiger partial charge is 0.164 e. The highest BCUT2D eigenvalue weighted by molar-refractivity contribution is 6.16. The summed E-state index contributed by atoms with van der Waals surface area (Å²) in [7, 11) is 0. The van der Waals surface area contributed by atoms with Crippen LogP contribution in [0.3, 0.4) is 0 Å². The number of benzene rings is 7. The summed E-state index contributed by atoms with van der Waals surface area (Å²) in [5.41, 5.74) is 9.18. The van der Waals surface area contributed by atoms with Crippen molar-refractivity contribution in [1.29, 1.82) is 0 Å². The van der Waals surface area contributed by atoms with E-state index in [1.165, 1.54) is 0 Å². The fourth-order valence-electron chi connectivity index (χ4n) is 7.57. The zero-order valence-electron chi connectivity index (χ0n) is 27.6. The molecule has 0 fully saturated rings. The van der Waals surface area contributed by atoms with Crippen LogP contribution in [0.2, 0.25) is 0 Å². The second kappa shape index (κ2) is 11.2. The van der Waals surface area contributed by atoms with Gasteiger partial charge in [0.05, 0.1) is 5.52 Å². The molecule has 0 saturated carbocycles. The highest BCUT2D eigenvalue weighted by Crippen LogP contribution is 2.41. The maximum absolute atomic E-state index is 6.36. The van der Waals surface area contributed by atoms with Gasteiger partial charge in [0.25, 0.3) is 0 Å². The Labute approximate surface area is 296 Å². The minimum atomic E-state index is 0.593. The number of hydrogen-bond acceptors (Lipinski definition) is 6. The molecule has 6 heteroatoms. The van der Waals surface area contributed by atoms with E-state index in [1.807, 2.05) is 85.1 Å². The van der Waals surface area contributed by atoms with E-state index in [-0.39, 0.29) is 0 Å². The van der Waals surface area contributed by atoms with Gasteiger partial charge in [-0.2, -0.15) is 0 Å². The number of hydrogen-bond donors (Lipinski definition) is 0. The molecule has 0 aliphatic carbocycles. The first-order valence-corrected chi connectivity index (χ1v) is 17.2. The molecule has 0 N–H and O–H groups in total. The summed E-state index contributed by atoms with van der Waals surface area (Å²) in [6.07, 6.45) is 1.81. The molecule has 0 bridgehead atoms. The molecule has 6 nitrogen and oxygen atoms in total. The van der Waals surface area contributed by atoms with Gasteiger partial charge in [-0.05, 0) is 58.3 Å². The number of para-hydroxylation sites is 1. The summed E-state index contributed by atoms with van der Waals surface area (Å²) in [6, 6.07) is 51.7. The molecule has 0 unspecified atom stereocenters. The second-order valence-electron chi connectivity index (χ2n) is 13.0. The Hall–Kier alpha value is -7.18. The number of fused-ring (bicyclic) bond motifs is 8. The Bertz CT molecular complexity index is 3200. The van der Waals surface area contributed by atoms with Crippen molar-refractivity contribution in [2.45, 2.75) is 0 Å². The third-order valence-electron chi connectivity index (χ3n) is 9.96. The Balaban J connectivity index is 1.10. The molecule has 0 radical (unpaired) electrons. The van der Waals surface area contributed by atoms with Crippen molar-refractivity contribution in [3.8, 4) is 45.3 Å². The van der Waals surface area contributed by atoms with E-state index < -0.39 is 0 Å². The minimum absolute atomic E-state index is 0.593.